The van der Waals surface area contributed by atoms with Crippen molar-refractivity contribution in [2.24, 2.45) is 0 Å². The molecule has 10 heteroatoms. The second-order valence-corrected chi connectivity index (χ2v) is 7.29. The molecule has 2 aromatic heterocycles. The summed E-state index contributed by atoms with van der Waals surface area (Å²) in [5.41, 5.74) is 2.85. The van der Waals surface area contributed by atoms with Crippen LogP contribution in [0.25, 0.3) is 11.5 Å². The van der Waals surface area contributed by atoms with Crippen molar-refractivity contribution in [1.29, 1.82) is 0 Å². The molecule has 152 valence electrons. The standard InChI is InChI=1S/C19H23N7O3/c1-12-17(26(27)28)13(2)25(22-12)11-14-4-6-15(7-5-14)19-21-18(23-29-19)16-10-20-8-9-24(16)3/h4-7,16,20H,8-11H2,1-3H3. The second kappa shape index (κ2) is 7.72. The first kappa shape index (κ1) is 19.2. The predicted molar refractivity (Wildman–Crippen MR) is 105 cm³/mol. The van der Waals surface area contributed by atoms with Crippen molar-refractivity contribution in [3.05, 3.63) is 57.2 Å². The van der Waals surface area contributed by atoms with E-state index >= 15 is 0 Å². The van der Waals surface area contributed by atoms with Gasteiger partial charge in [-0.2, -0.15) is 10.1 Å². The molecule has 1 aliphatic rings. The predicted octanol–water partition coefficient (Wildman–Crippen LogP) is 2.08. The fourth-order valence-electron chi connectivity index (χ4n) is 3.61. The second-order valence-electron chi connectivity index (χ2n) is 7.29. The maximum absolute atomic E-state index is 11.2. The molecule has 1 unspecified atom stereocenters. The number of aryl methyl sites for hydroxylation is 1. The molecule has 1 N–H and O–H groups in total. The van der Waals surface area contributed by atoms with E-state index in [1.165, 1.54) is 0 Å². The van der Waals surface area contributed by atoms with Crippen molar-refractivity contribution in [1.82, 2.24) is 30.1 Å². The van der Waals surface area contributed by atoms with Crippen LogP contribution < -0.4 is 5.32 Å². The monoisotopic (exact) mass is 397 g/mol. The van der Waals surface area contributed by atoms with Crippen LogP contribution >= 0.6 is 0 Å². The average Bonchev–Trinajstić information content (AvgIpc) is 3.28. The lowest BCUT2D eigenvalue weighted by Crippen LogP contribution is -2.44. The molecule has 3 aromatic rings. The van der Waals surface area contributed by atoms with Gasteiger partial charge in [-0.05, 0) is 38.6 Å². The van der Waals surface area contributed by atoms with Crippen molar-refractivity contribution >= 4 is 5.69 Å². The van der Waals surface area contributed by atoms with Crippen LogP contribution in [-0.2, 0) is 6.54 Å². The Morgan fingerprint density at radius 1 is 1.31 bits per heavy atom. The number of likely N-dealkylation sites (N-methyl/N-ethyl adjacent to an activating group) is 1. The first-order chi connectivity index (χ1) is 13.9. The van der Waals surface area contributed by atoms with Crippen LogP contribution in [0.5, 0.6) is 0 Å². The van der Waals surface area contributed by atoms with Gasteiger partial charge in [-0.3, -0.25) is 19.7 Å². The number of hydrogen-bond donors (Lipinski definition) is 1. The highest BCUT2D eigenvalue weighted by atomic mass is 16.6. The lowest BCUT2D eigenvalue weighted by molar-refractivity contribution is -0.386. The maximum Gasteiger partial charge on any atom is 0.312 e. The summed E-state index contributed by atoms with van der Waals surface area (Å²) in [6.45, 7) is 6.50. The molecule has 1 aliphatic heterocycles. The van der Waals surface area contributed by atoms with Crippen molar-refractivity contribution in [3.63, 3.8) is 0 Å². The molecule has 0 radical (unpaired) electrons. The smallest absolute Gasteiger partial charge is 0.312 e. The van der Waals surface area contributed by atoms with E-state index in [0.717, 1.165) is 30.8 Å². The van der Waals surface area contributed by atoms with Gasteiger partial charge >= 0.3 is 5.69 Å². The van der Waals surface area contributed by atoms with Gasteiger partial charge in [0, 0.05) is 25.2 Å². The van der Waals surface area contributed by atoms with Crippen molar-refractivity contribution in [2.75, 3.05) is 26.7 Å². The molecule has 0 bridgehead atoms. The molecule has 1 fully saturated rings. The van der Waals surface area contributed by atoms with Crippen molar-refractivity contribution in [2.45, 2.75) is 26.4 Å². The van der Waals surface area contributed by atoms with Crippen molar-refractivity contribution < 1.29 is 9.45 Å². The molecule has 4 rings (SSSR count). The summed E-state index contributed by atoms with van der Waals surface area (Å²) < 4.78 is 7.12. The normalized spacial score (nSPS) is 17.6. The maximum atomic E-state index is 11.2. The van der Waals surface area contributed by atoms with Crippen LogP contribution in [-0.4, -0.2) is 56.4 Å². The zero-order chi connectivity index (χ0) is 20.5. The molecule has 1 atom stereocenters. The first-order valence-electron chi connectivity index (χ1n) is 9.46. The van der Waals surface area contributed by atoms with E-state index in [2.05, 4.69) is 32.5 Å². The zero-order valence-corrected chi connectivity index (χ0v) is 16.6. The van der Waals surface area contributed by atoms with Crippen LogP contribution in [0, 0.1) is 24.0 Å². The Balaban J connectivity index is 1.50. The Hall–Kier alpha value is -3.11. The highest BCUT2D eigenvalue weighted by Gasteiger charge is 2.25. The van der Waals surface area contributed by atoms with Gasteiger partial charge in [0.15, 0.2) is 5.82 Å². The fourth-order valence-corrected chi connectivity index (χ4v) is 3.61. The van der Waals surface area contributed by atoms with Crippen LogP contribution in [0.15, 0.2) is 28.8 Å². The van der Waals surface area contributed by atoms with E-state index in [1.807, 2.05) is 24.3 Å². The van der Waals surface area contributed by atoms with Gasteiger partial charge in [0.25, 0.3) is 5.89 Å². The number of piperazine rings is 1. The molecule has 3 heterocycles. The number of aromatic nitrogens is 4. The number of benzene rings is 1. The van der Waals surface area contributed by atoms with E-state index in [9.17, 15) is 10.1 Å². The third kappa shape index (κ3) is 3.76. The Morgan fingerprint density at radius 3 is 2.72 bits per heavy atom. The van der Waals surface area contributed by atoms with Gasteiger partial charge in [0.2, 0.25) is 0 Å². The Morgan fingerprint density at radius 2 is 2.07 bits per heavy atom. The summed E-state index contributed by atoms with van der Waals surface area (Å²) in [6, 6.07) is 7.80. The third-order valence-electron chi connectivity index (χ3n) is 5.31. The Bertz CT molecular complexity index is 1030. The van der Waals surface area contributed by atoms with E-state index in [0.29, 0.717) is 29.6 Å². The summed E-state index contributed by atoms with van der Waals surface area (Å²) in [5, 5.41) is 23.0. The summed E-state index contributed by atoms with van der Waals surface area (Å²) in [7, 11) is 2.06. The van der Waals surface area contributed by atoms with Crippen LogP contribution in [0.1, 0.15) is 28.8 Å². The minimum Gasteiger partial charge on any atom is -0.334 e. The van der Waals surface area contributed by atoms with Gasteiger partial charge in [-0.25, -0.2) is 0 Å². The molecular formula is C19H23N7O3. The topological polar surface area (TPSA) is 115 Å². The van der Waals surface area contributed by atoms with Crippen LogP contribution in [0.3, 0.4) is 0 Å². The SMILES string of the molecule is Cc1nn(Cc2ccc(-c3nc(C4CNCCN4C)no3)cc2)c(C)c1[N+](=O)[O-]. The van der Waals surface area contributed by atoms with Crippen molar-refractivity contribution in [3.8, 4) is 11.5 Å². The van der Waals surface area contributed by atoms with Crippen LogP contribution in [0.4, 0.5) is 5.69 Å². The minimum absolute atomic E-state index is 0.0715. The fraction of sp³-hybridized carbons (Fsp3) is 0.421. The van der Waals surface area contributed by atoms with Gasteiger partial charge < -0.3 is 9.84 Å². The summed E-state index contributed by atoms with van der Waals surface area (Å²) in [4.78, 5) is 17.6. The lowest BCUT2D eigenvalue weighted by Gasteiger charge is -2.30. The number of hydrogen-bond acceptors (Lipinski definition) is 8. The molecule has 0 saturated carbocycles. The van der Waals surface area contributed by atoms with E-state index < -0.39 is 0 Å². The van der Waals surface area contributed by atoms with Gasteiger partial charge in [0.1, 0.15) is 11.4 Å². The average molecular weight is 397 g/mol. The number of nitrogens with one attached hydrogen (secondary N) is 1. The van der Waals surface area contributed by atoms with Gasteiger partial charge in [0.05, 0.1) is 17.5 Å². The summed E-state index contributed by atoms with van der Waals surface area (Å²) in [6.07, 6.45) is 0. The van der Waals surface area contributed by atoms with Gasteiger partial charge in [-0.15, -0.1) is 0 Å². The summed E-state index contributed by atoms with van der Waals surface area (Å²) >= 11 is 0. The summed E-state index contributed by atoms with van der Waals surface area (Å²) in [5.74, 6) is 1.15. The first-order valence-corrected chi connectivity index (χ1v) is 9.46. The quantitative estimate of drug-likeness (QED) is 0.514. The molecular weight excluding hydrogens is 374 g/mol. The molecule has 0 aliphatic carbocycles. The molecule has 1 aromatic carbocycles. The van der Waals surface area contributed by atoms with E-state index in [-0.39, 0.29) is 16.7 Å². The van der Waals surface area contributed by atoms with E-state index in [4.69, 9.17) is 4.52 Å². The molecule has 10 nitrogen and oxygen atoms in total. The Labute approximate surface area is 167 Å². The highest BCUT2D eigenvalue weighted by molar-refractivity contribution is 5.53. The van der Waals surface area contributed by atoms with E-state index in [1.54, 1.807) is 18.5 Å². The molecule has 0 amide bonds. The number of nitrogens with zero attached hydrogens (tertiary/aromatic N) is 6. The highest BCUT2D eigenvalue weighted by Crippen LogP contribution is 2.25. The third-order valence-corrected chi connectivity index (χ3v) is 5.31. The molecule has 0 spiro atoms. The molecule has 1 saturated heterocycles. The Kier molecular flexibility index (Phi) is 5.12. The van der Waals surface area contributed by atoms with Gasteiger partial charge in [-0.1, -0.05) is 17.3 Å². The largest absolute Gasteiger partial charge is 0.334 e. The molecule has 29 heavy (non-hydrogen) atoms. The zero-order valence-electron chi connectivity index (χ0n) is 16.6. The number of nitro groups is 1. The minimum atomic E-state index is -0.385. The lowest BCUT2D eigenvalue weighted by atomic mass is 10.1. The van der Waals surface area contributed by atoms with Crippen LogP contribution in [0.2, 0.25) is 0 Å². The number of rotatable bonds is 5.